The molecular weight excluding hydrogens is 272 g/mol. The van der Waals surface area contributed by atoms with Gasteiger partial charge in [0.15, 0.2) is 0 Å². The molecule has 0 aliphatic heterocycles. The number of hydrogen-bond donors (Lipinski definition) is 1. The van der Waals surface area contributed by atoms with Crippen LogP contribution in [0.3, 0.4) is 0 Å². The average Bonchev–Trinajstić information content (AvgIpc) is 2.30. The second kappa shape index (κ2) is 7.65. The summed E-state index contributed by atoms with van der Waals surface area (Å²) in [6.45, 7) is 3.99. The SMILES string of the molecule is CCOCCCOc1c(Br)cccc1CO. The van der Waals surface area contributed by atoms with Crippen LogP contribution in [0.25, 0.3) is 0 Å². The summed E-state index contributed by atoms with van der Waals surface area (Å²) in [5.41, 5.74) is 0.797. The lowest BCUT2D eigenvalue weighted by molar-refractivity contribution is 0.130. The quantitative estimate of drug-likeness (QED) is 0.784. The van der Waals surface area contributed by atoms with Gasteiger partial charge < -0.3 is 14.6 Å². The van der Waals surface area contributed by atoms with Crippen molar-refractivity contribution in [3.8, 4) is 5.75 Å². The molecule has 0 amide bonds. The van der Waals surface area contributed by atoms with E-state index in [1.165, 1.54) is 0 Å². The molecule has 0 bridgehead atoms. The van der Waals surface area contributed by atoms with Crippen LogP contribution in [-0.4, -0.2) is 24.9 Å². The van der Waals surface area contributed by atoms with E-state index in [0.717, 1.165) is 28.8 Å². The molecule has 0 aliphatic rings. The molecule has 1 rings (SSSR count). The Morgan fingerprint density at radius 3 is 2.81 bits per heavy atom. The Balaban J connectivity index is 2.46. The van der Waals surface area contributed by atoms with Crippen molar-refractivity contribution < 1.29 is 14.6 Å². The van der Waals surface area contributed by atoms with Gasteiger partial charge in [-0.3, -0.25) is 0 Å². The molecule has 0 unspecified atom stereocenters. The fraction of sp³-hybridized carbons (Fsp3) is 0.500. The van der Waals surface area contributed by atoms with Crippen LogP contribution in [-0.2, 0) is 11.3 Å². The summed E-state index contributed by atoms with van der Waals surface area (Å²) >= 11 is 3.40. The van der Waals surface area contributed by atoms with Crippen LogP contribution in [0.4, 0.5) is 0 Å². The molecule has 0 heterocycles. The minimum atomic E-state index is -0.0137. The van der Waals surface area contributed by atoms with E-state index in [1.807, 2.05) is 25.1 Å². The number of aliphatic hydroxyl groups excluding tert-OH is 1. The zero-order chi connectivity index (χ0) is 11.8. The van der Waals surface area contributed by atoms with Crippen LogP contribution in [0.5, 0.6) is 5.75 Å². The first-order valence-corrected chi connectivity index (χ1v) is 6.17. The minimum absolute atomic E-state index is 0.0137. The Kier molecular flexibility index (Phi) is 6.45. The maximum absolute atomic E-state index is 9.16. The molecule has 90 valence electrons. The van der Waals surface area contributed by atoms with E-state index < -0.39 is 0 Å². The second-order valence-electron chi connectivity index (χ2n) is 3.29. The van der Waals surface area contributed by atoms with Gasteiger partial charge in [0.1, 0.15) is 5.75 Å². The number of rotatable bonds is 7. The molecule has 0 spiro atoms. The average molecular weight is 289 g/mol. The minimum Gasteiger partial charge on any atom is -0.492 e. The summed E-state index contributed by atoms with van der Waals surface area (Å²) in [7, 11) is 0. The Hall–Kier alpha value is -0.580. The zero-order valence-electron chi connectivity index (χ0n) is 9.41. The van der Waals surface area contributed by atoms with Crippen molar-refractivity contribution in [3.63, 3.8) is 0 Å². The van der Waals surface area contributed by atoms with E-state index in [0.29, 0.717) is 13.2 Å². The van der Waals surface area contributed by atoms with Gasteiger partial charge in [0.05, 0.1) is 17.7 Å². The van der Waals surface area contributed by atoms with Crippen LogP contribution in [0, 0.1) is 0 Å². The zero-order valence-corrected chi connectivity index (χ0v) is 11.0. The molecule has 4 heteroatoms. The number of ether oxygens (including phenoxy) is 2. The highest BCUT2D eigenvalue weighted by Crippen LogP contribution is 2.29. The fourth-order valence-corrected chi connectivity index (χ4v) is 1.84. The van der Waals surface area contributed by atoms with E-state index in [2.05, 4.69) is 15.9 Å². The molecular formula is C12H17BrO3. The Bertz CT molecular complexity index is 315. The highest BCUT2D eigenvalue weighted by molar-refractivity contribution is 9.10. The molecule has 1 aromatic carbocycles. The molecule has 0 aromatic heterocycles. The van der Waals surface area contributed by atoms with Crippen molar-refractivity contribution in [1.29, 1.82) is 0 Å². The van der Waals surface area contributed by atoms with Gasteiger partial charge in [0.25, 0.3) is 0 Å². The van der Waals surface area contributed by atoms with E-state index in [1.54, 1.807) is 0 Å². The number of para-hydroxylation sites is 1. The lowest BCUT2D eigenvalue weighted by Crippen LogP contribution is -2.05. The molecule has 1 N–H and O–H groups in total. The lowest BCUT2D eigenvalue weighted by Gasteiger charge is -2.11. The van der Waals surface area contributed by atoms with Crippen molar-refractivity contribution >= 4 is 15.9 Å². The summed E-state index contributed by atoms with van der Waals surface area (Å²) in [6.07, 6.45) is 0.847. The second-order valence-corrected chi connectivity index (χ2v) is 4.14. The van der Waals surface area contributed by atoms with Crippen LogP contribution < -0.4 is 4.74 Å². The first-order chi connectivity index (χ1) is 7.79. The molecule has 0 saturated heterocycles. The summed E-state index contributed by atoms with van der Waals surface area (Å²) < 4.78 is 11.7. The summed E-state index contributed by atoms with van der Waals surface area (Å²) in [5.74, 6) is 0.724. The number of halogens is 1. The van der Waals surface area contributed by atoms with E-state index in [9.17, 15) is 0 Å². The number of benzene rings is 1. The molecule has 3 nitrogen and oxygen atoms in total. The van der Waals surface area contributed by atoms with Gasteiger partial charge in [-0.05, 0) is 28.9 Å². The van der Waals surface area contributed by atoms with Gasteiger partial charge in [0, 0.05) is 25.2 Å². The van der Waals surface area contributed by atoms with Gasteiger partial charge in [-0.15, -0.1) is 0 Å². The smallest absolute Gasteiger partial charge is 0.138 e. The van der Waals surface area contributed by atoms with E-state index >= 15 is 0 Å². The highest BCUT2D eigenvalue weighted by Gasteiger charge is 2.06. The van der Waals surface area contributed by atoms with Crippen molar-refractivity contribution in [2.24, 2.45) is 0 Å². The predicted octanol–water partition coefficient (Wildman–Crippen LogP) is 2.75. The van der Waals surface area contributed by atoms with Gasteiger partial charge >= 0.3 is 0 Å². The molecule has 0 fully saturated rings. The Morgan fingerprint density at radius 1 is 1.31 bits per heavy atom. The van der Waals surface area contributed by atoms with Crippen LogP contribution in [0.2, 0.25) is 0 Å². The van der Waals surface area contributed by atoms with Gasteiger partial charge in [-0.1, -0.05) is 12.1 Å². The summed E-state index contributed by atoms with van der Waals surface area (Å²) in [6, 6.07) is 5.63. The first kappa shape index (κ1) is 13.5. The standard InChI is InChI=1S/C12H17BrO3/c1-2-15-7-4-8-16-12-10(9-14)5-3-6-11(12)13/h3,5-6,14H,2,4,7-9H2,1H3. The third kappa shape index (κ3) is 4.12. The van der Waals surface area contributed by atoms with Crippen LogP contribution in [0.15, 0.2) is 22.7 Å². The van der Waals surface area contributed by atoms with E-state index in [4.69, 9.17) is 14.6 Å². The Labute approximate surface area is 105 Å². The molecule has 0 saturated carbocycles. The molecule has 0 aliphatic carbocycles. The van der Waals surface area contributed by atoms with Gasteiger partial charge in [0.2, 0.25) is 0 Å². The molecule has 0 atom stereocenters. The van der Waals surface area contributed by atoms with Crippen LogP contribution in [0.1, 0.15) is 18.9 Å². The maximum Gasteiger partial charge on any atom is 0.138 e. The predicted molar refractivity (Wildman–Crippen MR) is 66.7 cm³/mol. The normalized spacial score (nSPS) is 10.4. The summed E-state index contributed by atoms with van der Waals surface area (Å²) in [5, 5.41) is 9.16. The summed E-state index contributed by atoms with van der Waals surface area (Å²) in [4.78, 5) is 0. The monoisotopic (exact) mass is 288 g/mol. The van der Waals surface area contributed by atoms with Gasteiger partial charge in [-0.2, -0.15) is 0 Å². The maximum atomic E-state index is 9.16. The van der Waals surface area contributed by atoms with Crippen molar-refractivity contribution in [3.05, 3.63) is 28.2 Å². The number of aliphatic hydroxyl groups is 1. The van der Waals surface area contributed by atoms with Crippen molar-refractivity contribution in [2.75, 3.05) is 19.8 Å². The first-order valence-electron chi connectivity index (χ1n) is 5.38. The Morgan fingerprint density at radius 2 is 2.12 bits per heavy atom. The van der Waals surface area contributed by atoms with Crippen LogP contribution >= 0.6 is 15.9 Å². The third-order valence-corrected chi connectivity index (χ3v) is 2.73. The lowest BCUT2D eigenvalue weighted by atomic mass is 10.2. The largest absolute Gasteiger partial charge is 0.492 e. The topological polar surface area (TPSA) is 38.7 Å². The molecule has 16 heavy (non-hydrogen) atoms. The fourth-order valence-electron chi connectivity index (χ4n) is 1.32. The molecule has 1 aromatic rings. The highest BCUT2D eigenvalue weighted by atomic mass is 79.9. The van der Waals surface area contributed by atoms with Gasteiger partial charge in [-0.25, -0.2) is 0 Å². The van der Waals surface area contributed by atoms with E-state index in [-0.39, 0.29) is 6.61 Å². The number of hydrogen-bond acceptors (Lipinski definition) is 3. The van der Waals surface area contributed by atoms with Crippen molar-refractivity contribution in [1.82, 2.24) is 0 Å². The molecule has 0 radical (unpaired) electrons. The van der Waals surface area contributed by atoms with Crippen molar-refractivity contribution in [2.45, 2.75) is 20.0 Å². The third-order valence-electron chi connectivity index (χ3n) is 2.10.